The van der Waals surface area contributed by atoms with Gasteiger partial charge in [0.15, 0.2) is 5.78 Å². The van der Waals surface area contributed by atoms with Crippen LogP contribution in [0.2, 0.25) is 0 Å². The van der Waals surface area contributed by atoms with Gasteiger partial charge in [0.05, 0.1) is 0 Å². The highest BCUT2D eigenvalue weighted by Crippen LogP contribution is 2.11. The molecule has 0 saturated carbocycles. The molecule has 0 radical (unpaired) electrons. The first kappa shape index (κ1) is 18.1. The zero-order valence-corrected chi connectivity index (χ0v) is 12.7. The summed E-state index contributed by atoms with van der Waals surface area (Å²) in [5.41, 5.74) is 0. The molecule has 0 aliphatic heterocycles. The molecule has 0 aliphatic carbocycles. The Morgan fingerprint density at radius 2 is 1.26 bits per heavy atom. The largest absolute Gasteiger partial charge is 0.291 e. The second-order valence-electron chi connectivity index (χ2n) is 5.29. The standard InChI is InChI=1S/C17H30O2/c1-3-4-5-6-7-8-9-10-11-12-13-14-15-17(19)16(2)18/h14-15H,3-13H2,1-2H3. The summed E-state index contributed by atoms with van der Waals surface area (Å²) < 4.78 is 0. The van der Waals surface area contributed by atoms with Gasteiger partial charge in [0.1, 0.15) is 0 Å². The highest BCUT2D eigenvalue weighted by Gasteiger charge is 2.00. The van der Waals surface area contributed by atoms with Crippen LogP contribution in [0.1, 0.15) is 84.5 Å². The monoisotopic (exact) mass is 266 g/mol. The van der Waals surface area contributed by atoms with Crippen molar-refractivity contribution < 1.29 is 9.59 Å². The summed E-state index contributed by atoms with van der Waals surface area (Å²) in [7, 11) is 0. The number of carbonyl (C=O) groups is 2. The van der Waals surface area contributed by atoms with Gasteiger partial charge in [-0.2, -0.15) is 0 Å². The lowest BCUT2D eigenvalue weighted by Gasteiger charge is -2.01. The topological polar surface area (TPSA) is 34.1 Å². The molecule has 19 heavy (non-hydrogen) atoms. The third-order valence-electron chi connectivity index (χ3n) is 3.34. The quantitative estimate of drug-likeness (QED) is 0.267. The van der Waals surface area contributed by atoms with E-state index in [1.165, 1.54) is 70.8 Å². The fourth-order valence-electron chi connectivity index (χ4n) is 2.06. The van der Waals surface area contributed by atoms with Crippen LogP contribution in [0.5, 0.6) is 0 Å². The minimum absolute atomic E-state index is 0.376. The van der Waals surface area contributed by atoms with E-state index in [0.717, 1.165) is 12.8 Å². The van der Waals surface area contributed by atoms with Crippen LogP contribution < -0.4 is 0 Å². The lowest BCUT2D eigenvalue weighted by Crippen LogP contribution is -2.04. The van der Waals surface area contributed by atoms with E-state index in [0.29, 0.717) is 0 Å². The van der Waals surface area contributed by atoms with Crippen molar-refractivity contribution in [3.63, 3.8) is 0 Å². The van der Waals surface area contributed by atoms with Crippen LogP contribution in [0.25, 0.3) is 0 Å². The normalized spacial score (nSPS) is 11.1. The van der Waals surface area contributed by atoms with Crippen molar-refractivity contribution in [1.29, 1.82) is 0 Å². The summed E-state index contributed by atoms with van der Waals surface area (Å²) >= 11 is 0. The first-order valence-corrected chi connectivity index (χ1v) is 7.90. The molecule has 0 rings (SSSR count). The fourth-order valence-corrected chi connectivity index (χ4v) is 2.06. The Hall–Kier alpha value is -0.920. The van der Waals surface area contributed by atoms with Crippen molar-refractivity contribution in [1.82, 2.24) is 0 Å². The highest BCUT2D eigenvalue weighted by atomic mass is 16.2. The Kier molecular flexibility index (Phi) is 12.9. The Bertz CT molecular complexity index is 266. The lowest BCUT2D eigenvalue weighted by atomic mass is 10.1. The molecule has 110 valence electrons. The van der Waals surface area contributed by atoms with E-state index in [1.807, 2.05) is 6.08 Å². The maximum Gasteiger partial charge on any atom is 0.220 e. The molecule has 0 spiro atoms. The molecule has 0 heterocycles. The third kappa shape index (κ3) is 13.3. The second kappa shape index (κ2) is 13.5. The van der Waals surface area contributed by atoms with E-state index in [2.05, 4.69) is 6.92 Å². The molecular formula is C17H30O2. The van der Waals surface area contributed by atoms with Crippen molar-refractivity contribution in [3.05, 3.63) is 12.2 Å². The van der Waals surface area contributed by atoms with Crippen LogP contribution >= 0.6 is 0 Å². The van der Waals surface area contributed by atoms with Crippen molar-refractivity contribution in [2.75, 3.05) is 0 Å². The molecule has 0 saturated heterocycles. The summed E-state index contributed by atoms with van der Waals surface area (Å²) in [4.78, 5) is 21.7. The fraction of sp³-hybridized carbons (Fsp3) is 0.765. The van der Waals surface area contributed by atoms with Gasteiger partial charge in [0, 0.05) is 6.92 Å². The molecule has 0 unspecified atom stereocenters. The van der Waals surface area contributed by atoms with Gasteiger partial charge in [-0.3, -0.25) is 9.59 Å². The number of Topliss-reactive ketones (excluding diaryl/α,β-unsaturated/α-hetero) is 1. The van der Waals surface area contributed by atoms with E-state index in [9.17, 15) is 9.59 Å². The number of carbonyl (C=O) groups excluding carboxylic acids is 2. The van der Waals surface area contributed by atoms with Gasteiger partial charge < -0.3 is 0 Å². The average Bonchev–Trinajstić information content (AvgIpc) is 2.39. The second-order valence-corrected chi connectivity index (χ2v) is 5.29. The molecular weight excluding hydrogens is 236 g/mol. The van der Waals surface area contributed by atoms with Crippen molar-refractivity contribution in [3.8, 4) is 0 Å². The molecule has 0 bridgehead atoms. The predicted molar refractivity (Wildman–Crippen MR) is 81.3 cm³/mol. The summed E-state index contributed by atoms with van der Waals surface area (Å²) in [5, 5.41) is 0. The van der Waals surface area contributed by atoms with Crippen molar-refractivity contribution in [2.45, 2.75) is 84.5 Å². The lowest BCUT2D eigenvalue weighted by molar-refractivity contribution is -0.132. The Labute approximate surface area is 118 Å². The maximum absolute atomic E-state index is 11.0. The van der Waals surface area contributed by atoms with Gasteiger partial charge in [-0.25, -0.2) is 0 Å². The van der Waals surface area contributed by atoms with Crippen molar-refractivity contribution in [2.24, 2.45) is 0 Å². The molecule has 0 atom stereocenters. The molecule has 2 nitrogen and oxygen atoms in total. The van der Waals surface area contributed by atoms with Gasteiger partial charge in [0.2, 0.25) is 5.78 Å². The zero-order valence-electron chi connectivity index (χ0n) is 12.7. The SMILES string of the molecule is CCCCCCCCCCCCC=CC(=O)C(C)=O. The minimum Gasteiger partial charge on any atom is -0.291 e. The van der Waals surface area contributed by atoms with Gasteiger partial charge in [0.25, 0.3) is 0 Å². The smallest absolute Gasteiger partial charge is 0.220 e. The van der Waals surface area contributed by atoms with E-state index in [4.69, 9.17) is 0 Å². The van der Waals surface area contributed by atoms with Gasteiger partial charge in [-0.05, 0) is 18.9 Å². The van der Waals surface area contributed by atoms with E-state index < -0.39 is 0 Å². The summed E-state index contributed by atoms with van der Waals surface area (Å²) in [6.07, 6.45) is 17.4. The van der Waals surface area contributed by atoms with Crippen LogP contribution in [-0.2, 0) is 9.59 Å². The Balaban J connectivity index is 3.19. The summed E-state index contributed by atoms with van der Waals surface area (Å²) in [5.74, 6) is -0.758. The van der Waals surface area contributed by atoms with Crippen LogP contribution in [0.3, 0.4) is 0 Å². The van der Waals surface area contributed by atoms with Gasteiger partial charge >= 0.3 is 0 Å². The average molecular weight is 266 g/mol. The number of hydrogen-bond donors (Lipinski definition) is 0. The Morgan fingerprint density at radius 1 is 0.789 bits per heavy atom. The molecule has 0 aromatic rings. The summed E-state index contributed by atoms with van der Waals surface area (Å²) in [6, 6.07) is 0. The molecule has 0 N–H and O–H groups in total. The number of rotatable bonds is 13. The number of unbranched alkanes of at least 4 members (excludes halogenated alkanes) is 10. The van der Waals surface area contributed by atoms with Crippen molar-refractivity contribution >= 4 is 11.6 Å². The predicted octanol–water partition coefficient (Wildman–Crippen LogP) is 5.01. The van der Waals surface area contributed by atoms with E-state index >= 15 is 0 Å². The van der Waals surface area contributed by atoms with Crippen LogP contribution in [0.15, 0.2) is 12.2 Å². The van der Waals surface area contributed by atoms with Crippen LogP contribution in [-0.4, -0.2) is 11.6 Å². The summed E-state index contributed by atoms with van der Waals surface area (Å²) in [6.45, 7) is 3.56. The zero-order chi connectivity index (χ0) is 14.3. The maximum atomic E-state index is 11.0. The molecule has 2 heteroatoms. The number of allylic oxidation sites excluding steroid dienone is 2. The molecule has 0 amide bonds. The number of ketones is 2. The highest BCUT2D eigenvalue weighted by molar-refractivity contribution is 6.40. The Morgan fingerprint density at radius 3 is 1.74 bits per heavy atom. The van der Waals surface area contributed by atoms with E-state index in [1.54, 1.807) is 0 Å². The first-order chi connectivity index (χ1) is 9.18. The van der Waals surface area contributed by atoms with Crippen LogP contribution in [0, 0.1) is 0 Å². The van der Waals surface area contributed by atoms with Gasteiger partial charge in [-0.15, -0.1) is 0 Å². The minimum atomic E-state index is -0.382. The van der Waals surface area contributed by atoms with Gasteiger partial charge in [-0.1, -0.05) is 70.8 Å². The molecule has 0 fully saturated rings. The molecule has 0 aromatic heterocycles. The first-order valence-electron chi connectivity index (χ1n) is 7.90. The molecule has 0 aliphatic rings. The van der Waals surface area contributed by atoms with Crippen LogP contribution in [0.4, 0.5) is 0 Å². The van der Waals surface area contributed by atoms with E-state index in [-0.39, 0.29) is 11.6 Å². The molecule has 0 aromatic carbocycles. The third-order valence-corrected chi connectivity index (χ3v) is 3.34. The number of hydrogen-bond acceptors (Lipinski definition) is 2.